The molecule has 0 aliphatic rings. The molecule has 1 rings (SSSR count). The SMILES string of the molecule is CC(C)=CC(O)c1ccnn1C. The molecule has 0 amide bonds. The topological polar surface area (TPSA) is 38.1 Å². The van der Waals surface area contributed by atoms with Crippen LogP contribution in [0.3, 0.4) is 0 Å². The largest absolute Gasteiger partial charge is 0.383 e. The smallest absolute Gasteiger partial charge is 0.114 e. The van der Waals surface area contributed by atoms with Crippen LogP contribution in [0.4, 0.5) is 0 Å². The Morgan fingerprint density at radius 3 is 2.75 bits per heavy atom. The summed E-state index contributed by atoms with van der Waals surface area (Å²) in [6.07, 6.45) is 2.94. The van der Waals surface area contributed by atoms with E-state index in [4.69, 9.17) is 0 Å². The normalized spacial score (nSPS) is 12.7. The van der Waals surface area contributed by atoms with Crippen molar-refractivity contribution in [3.63, 3.8) is 0 Å². The maximum Gasteiger partial charge on any atom is 0.114 e. The predicted octanol–water partition coefficient (Wildman–Crippen LogP) is 1.42. The minimum absolute atomic E-state index is 0.539. The number of hydrogen-bond acceptors (Lipinski definition) is 2. The minimum atomic E-state index is -0.539. The number of aliphatic hydroxyl groups is 1. The zero-order valence-corrected chi connectivity index (χ0v) is 7.65. The molecule has 12 heavy (non-hydrogen) atoms. The van der Waals surface area contributed by atoms with E-state index in [1.165, 1.54) is 0 Å². The van der Waals surface area contributed by atoms with Gasteiger partial charge in [0.15, 0.2) is 0 Å². The lowest BCUT2D eigenvalue weighted by Crippen LogP contribution is -2.02. The average Bonchev–Trinajstić information content (AvgIpc) is 2.33. The average molecular weight is 166 g/mol. The molecule has 1 aromatic rings. The van der Waals surface area contributed by atoms with Gasteiger partial charge >= 0.3 is 0 Å². The molecule has 0 aliphatic carbocycles. The molecule has 1 atom stereocenters. The van der Waals surface area contributed by atoms with Gasteiger partial charge in [-0.3, -0.25) is 4.68 Å². The summed E-state index contributed by atoms with van der Waals surface area (Å²) in [6, 6.07) is 1.81. The van der Waals surface area contributed by atoms with Crippen LogP contribution in [0.1, 0.15) is 25.6 Å². The molecule has 1 aromatic heterocycles. The number of hydrogen-bond donors (Lipinski definition) is 1. The molecule has 0 spiro atoms. The van der Waals surface area contributed by atoms with Crippen molar-refractivity contribution in [1.29, 1.82) is 0 Å². The summed E-state index contributed by atoms with van der Waals surface area (Å²) in [6.45, 7) is 3.92. The summed E-state index contributed by atoms with van der Waals surface area (Å²) in [4.78, 5) is 0. The van der Waals surface area contributed by atoms with E-state index in [0.717, 1.165) is 11.3 Å². The molecule has 1 N–H and O–H groups in total. The van der Waals surface area contributed by atoms with Crippen LogP contribution in [0.5, 0.6) is 0 Å². The third kappa shape index (κ3) is 1.95. The molecular formula is C9H14N2O. The van der Waals surface area contributed by atoms with Crippen LogP contribution in [0.25, 0.3) is 0 Å². The fourth-order valence-corrected chi connectivity index (χ4v) is 1.08. The van der Waals surface area contributed by atoms with Gasteiger partial charge in [-0.05, 0) is 19.9 Å². The first-order valence-electron chi connectivity index (χ1n) is 3.92. The van der Waals surface area contributed by atoms with Crippen LogP contribution in [-0.4, -0.2) is 14.9 Å². The van der Waals surface area contributed by atoms with Gasteiger partial charge in [-0.1, -0.05) is 11.6 Å². The third-order valence-electron chi connectivity index (χ3n) is 1.65. The number of allylic oxidation sites excluding steroid dienone is 1. The lowest BCUT2D eigenvalue weighted by atomic mass is 10.2. The van der Waals surface area contributed by atoms with Crippen molar-refractivity contribution >= 4 is 0 Å². The highest BCUT2D eigenvalue weighted by atomic mass is 16.3. The van der Waals surface area contributed by atoms with Crippen LogP contribution >= 0.6 is 0 Å². The molecule has 0 saturated carbocycles. The van der Waals surface area contributed by atoms with Crippen molar-refractivity contribution in [3.05, 3.63) is 29.6 Å². The Morgan fingerprint density at radius 2 is 2.33 bits per heavy atom. The summed E-state index contributed by atoms with van der Waals surface area (Å²) < 4.78 is 1.67. The van der Waals surface area contributed by atoms with Gasteiger partial charge in [0.05, 0.1) is 5.69 Å². The highest BCUT2D eigenvalue weighted by Gasteiger charge is 2.06. The number of nitrogens with zero attached hydrogens (tertiary/aromatic N) is 2. The summed E-state index contributed by atoms with van der Waals surface area (Å²) in [5, 5.41) is 13.6. The molecule has 0 radical (unpaired) electrons. The highest BCUT2D eigenvalue weighted by Crippen LogP contribution is 2.13. The first-order valence-corrected chi connectivity index (χ1v) is 3.92. The fraction of sp³-hybridized carbons (Fsp3) is 0.444. The molecule has 0 aromatic carbocycles. The molecule has 3 heteroatoms. The van der Waals surface area contributed by atoms with E-state index in [1.54, 1.807) is 17.0 Å². The Morgan fingerprint density at radius 1 is 1.67 bits per heavy atom. The van der Waals surface area contributed by atoms with Crippen molar-refractivity contribution in [2.24, 2.45) is 7.05 Å². The lowest BCUT2D eigenvalue weighted by molar-refractivity contribution is 0.217. The van der Waals surface area contributed by atoms with Crippen LogP contribution in [0.15, 0.2) is 23.9 Å². The monoisotopic (exact) mass is 166 g/mol. The molecule has 1 heterocycles. The second-order valence-electron chi connectivity index (χ2n) is 3.07. The Labute approximate surface area is 72.3 Å². The Bertz CT molecular complexity index is 284. The molecule has 0 saturated heterocycles. The Balaban J connectivity index is 2.85. The summed E-state index contributed by atoms with van der Waals surface area (Å²) in [5.41, 5.74) is 1.92. The first kappa shape index (κ1) is 9.00. The van der Waals surface area contributed by atoms with Crippen molar-refractivity contribution in [3.8, 4) is 0 Å². The van der Waals surface area contributed by atoms with E-state index in [0.29, 0.717) is 0 Å². The molecule has 3 nitrogen and oxygen atoms in total. The van der Waals surface area contributed by atoms with Gasteiger partial charge in [0.1, 0.15) is 6.10 Å². The van der Waals surface area contributed by atoms with E-state index in [1.807, 2.05) is 27.0 Å². The van der Waals surface area contributed by atoms with Gasteiger partial charge in [0.25, 0.3) is 0 Å². The standard InChI is InChI=1S/C9H14N2O/c1-7(2)6-9(12)8-4-5-10-11(8)3/h4-6,9,12H,1-3H3. The van der Waals surface area contributed by atoms with Crippen molar-refractivity contribution in [1.82, 2.24) is 9.78 Å². The second-order valence-corrected chi connectivity index (χ2v) is 3.07. The van der Waals surface area contributed by atoms with Gasteiger partial charge < -0.3 is 5.11 Å². The third-order valence-corrected chi connectivity index (χ3v) is 1.65. The summed E-state index contributed by atoms with van der Waals surface area (Å²) >= 11 is 0. The van der Waals surface area contributed by atoms with E-state index in [9.17, 15) is 5.11 Å². The Kier molecular flexibility index (Phi) is 2.65. The summed E-state index contributed by atoms with van der Waals surface area (Å²) in [5.74, 6) is 0. The predicted molar refractivity (Wildman–Crippen MR) is 47.6 cm³/mol. The van der Waals surface area contributed by atoms with Gasteiger partial charge in [-0.25, -0.2) is 0 Å². The van der Waals surface area contributed by atoms with E-state index in [-0.39, 0.29) is 0 Å². The van der Waals surface area contributed by atoms with Crippen LogP contribution in [-0.2, 0) is 7.05 Å². The lowest BCUT2D eigenvalue weighted by Gasteiger charge is -2.06. The van der Waals surface area contributed by atoms with Gasteiger partial charge in [-0.15, -0.1) is 0 Å². The first-order chi connectivity index (χ1) is 5.61. The van der Waals surface area contributed by atoms with Crippen molar-refractivity contribution in [2.45, 2.75) is 20.0 Å². The zero-order valence-electron chi connectivity index (χ0n) is 7.65. The highest BCUT2D eigenvalue weighted by molar-refractivity contribution is 5.12. The summed E-state index contributed by atoms with van der Waals surface area (Å²) in [7, 11) is 1.82. The maximum absolute atomic E-state index is 9.62. The Hall–Kier alpha value is -1.09. The van der Waals surface area contributed by atoms with Crippen molar-refractivity contribution < 1.29 is 5.11 Å². The van der Waals surface area contributed by atoms with Gasteiger partial charge in [-0.2, -0.15) is 5.10 Å². The van der Waals surface area contributed by atoms with E-state index < -0.39 is 6.10 Å². The number of aryl methyl sites for hydroxylation is 1. The molecule has 66 valence electrons. The molecule has 0 aliphatic heterocycles. The number of aromatic nitrogens is 2. The number of rotatable bonds is 2. The zero-order chi connectivity index (χ0) is 9.14. The van der Waals surface area contributed by atoms with Gasteiger partial charge in [0, 0.05) is 13.2 Å². The number of aliphatic hydroxyl groups excluding tert-OH is 1. The van der Waals surface area contributed by atoms with Crippen LogP contribution in [0.2, 0.25) is 0 Å². The second kappa shape index (κ2) is 3.54. The van der Waals surface area contributed by atoms with Crippen molar-refractivity contribution in [2.75, 3.05) is 0 Å². The quantitative estimate of drug-likeness (QED) is 0.675. The molecule has 1 unspecified atom stereocenters. The molecular weight excluding hydrogens is 152 g/mol. The fourth-order valence-electron chi connectivity index (χ4n) is 1.08. The van der Waals surface area contributed by atoms with E-state index >= 15 is 0 Å². The molecule has 0 bridgehead atoms. The van der Waals surface area contributed by atoms with E-state index in [2.05, 4.69) is 5.10 Å². The van der Waals surface area contributed by atoms with Crippen LogP contribution < -0.4 is 0 Å². The minimum Gasteiger partial charge on any atom is -0.383 e. The maximum atomic E-state index is 9.62. The van der Waals surface area contributed by atoms with Crippen LogP contribution in [0, 0.1) is 0 Å². The van der Waals surface area contributed by atoms with Gasteiger partial charge in [0.2, 0.25) is 0 Å². The molecule has 0 fully saturated rings.